The largest absolute Gasteiger partial charge is 0.396 e. The first kappa shape index (κ1) is 12.5. The molecule has 0 radical (unpaired) electrons. The minimum atomic E-state index is -0.167. The second-order valence-corrected chi connectivity index (χ2v) is 5.00. The van der Waals surface area contributed by atoms with Crippen molar-refractivity contribution in [1.29, 1.82) is 0 Å². The zero-order valence-corrected chi connectivity index (χ0v) is 10.2. The van der Waals surface area contributed by atoms with E-state index in [-0.39, 0.29) is 12.4 Å². The van der Waals surface area contributed by atoms with Crippen molar-refractivity contribution < 1.29 is 9.50 Å². The predicted octanol–water partition coefficient (Wildman–Crippen LogP) is 2.43. The molecule has 94 valence electrons. The minimum Gasteiger partial charge on any atom is -0.396 e. The summed E-state index contributed by atoms with van der Waals surface area (Å²) in [6.45, 7) is 2.34. The molecule has 1 aliphatic rings. The fourth-order valence-electron chi connectivity index (χ4n) is 2.44. The van der Waals surface area contributed by atoms with Gasteiger partial charge in [0.05, 0.1) is 0 Å². The predicted molar refractivity (Wildman–Crippen MR) is 66.5 cm³/mol. The highest BCUT2D eigenvalue weighted by molar-refractivity contribution is 5.23. The summed E-state index contributed by atoms with van der Waals surface area (Å²) in [4.78, 5) is 0. The van der Waals surface area contributed by atoms with Crippen LogP contribution in [0.1, 0.15) is 37.7 Å². The summed E-state index contributed by atoms with van der Waals surface area (Å²) in [7, 11) is 0. The van der Waals surface area contributed by atoms with Crippen LogP contribution < -0.4 is 5.32 Å². The molecule has 1 aliphatic carbocycles. The Balaban J connectivity index is 1.77. The Morgan fingerprint density at radius 3 is 2.59 bits per heavy atom. The van der Waals surface area contributed by atoms with Gasteiger partial charge in [0.2, 0.25) is 0 Å². The molecular formula is C14H20FNO. The van der Waals surface area contributed by atoms with Crippen LogP contribution >= 0.6 is 0 Å². The lowest BCUT2D eigenvalue weighted by molar-refractivity contribution is 0.230. The molecule has 0 heterocycles. The van der Waals surface area contributed by atoms with Gasteiger partial charge in [-0.05, 0) is 49.8 Å². The number of aliphatic hydroxyl groups excluding tert-OH is 1. The van der Waals surface area contributed by atoms with Crippen LogP contribution in [0.5, 0.6) is 0 Å². The van der Waals surface area contributed by atoms with E-state index >= 15 is 0 Å². The zero-order chi connectivity index (χ0) is 12.3. The van der Waals surface area contributed by atoms with Crippen molar-refractivity contribution in [3.63, 3.8) is 0 Å². The van der Waals surface area contributed by atoms with E-state index in [9.17, 15) is 4.39 Å². The smallest absolute Gasteiger partial charge is 0.123 e. The third-order valence-electron chi connectivity index (χ3n) is 3.56. The molecule has 1 aromatic rings. The van der Waals surface area contributed by atoms with E-state index in [0.717, 1.165) is 19.3 Å². The van der Waals surface area contributed by atoms with Crippen LogP contribution in [-0.4, -0.2) is 23.8 Å². The van der Waals surface area contributed by atoms with Crippen LogP contribution in [0.15, 0.2) is 24.3 Å². The highest BCUT2D eigenvalue weighted by Gasteiger charge is 2.30. The Bertz CT molecular complexity index is 346. The first-order valence-electron chi connectivity index (χ1n) is 6.31. The Labute approximate surface area is 102 Å². The van der Waals surface area contributed by atoms with Gasteiger partial charge in [-0.2, -0.15) is 0 Å². The van der Waals surface area contributed by atoms with E-state index in [0.29, 0.717) is 18.0 Å². The fraction of sp³-hybridized carbons (Fsp3) is 0.571. The van der Waals surface area contributed by atoms with E-state index in [1.165, 1.54) is 17.7 Å². The van der Waals surface area contributed by atoms with Crippen LogP contribution in [0.2, 0.25) is 0 Å². The first-order chi connectivity index (χ1) is 8.19. The zero-order valence-electron chi connectivity index (χ0n) is 10.2. The number of rotatable bonds is 5. The van der Waals surface area contributed by atoms with Gasteiger partial charge in [-0.15, -0.1) is 0 Å². The van der Waals surface area contributed by atoms with Gasteiger partial charge in [0.1, 0.15) is 5.82 Å². The van der Waals surface area contributed by atoms with Crippen molar-refractivity contribution >= 4 is 0 Å². The van der Waals surface area contributed by atoms with Crippen molar-refractivity contribution in [3.8, 4) is 0 Å². The number of hydrogen-bond donors (Lipinski definition) is 2. The van der Waals surface area contributed by atoms with Crippen LogP contribution in [-0.2, 0) is 0 Å². The monoisotopic (exact) mass is 237 g/mol. The van der Waals surface area contributed by atoms with Gasteiger partial charge < -0.3 is 10.4 Å². The third kappa shape index (κ3) is 3.27. The fourth-order valence-corrected chi connectivity index (χ4v) is 2.44. The maximum Gasteiger partial charge on any atom is 0.123 e. The summed E-state index contributed by atoms with van der Waals surface area (Å²) in [5, 5.41) is 12.3. The molecule has 0 amide bonds. The topological polar surface area (TPSA) is 32.3 Å². The minimum absolute atomic E-state index is 0.167. The van der Waals surface area contributed by atoms with E-state index in [2.05, 4.69) is 12.2 Å². The van der Waals surface area contributed by atoms with E-state index in [1.54, 1.807) is 0 Å². The van der Waals surface area contributed by atoms with Gasteiger partial charge >= 0.3 is 0 Å². The lowest BCUT2D eigenvalue weighted by atomic mass is 9.75. The number of hydrogen-bond acceptors (Lipinski definition) is 2. The molecule has 2 rings (SSSR count). The molecular weight excluding hydrogens is 217 g/mol. The van der Waals surface area contributed by atoms with Gasteiger partial charge in [-0.1, -0.05) is 12.1 Å². The lowest BCUT2D eigenvalue weighted by Crippen LogP contribution is -2.44. The van der Waals surface area contributed by atoms with Crippen molar-refractivity contribution in [2.75, 3.05) is 6.61 Å². The average Bonchev–Trinajstić information content (AvgIpc) is 2.25. The lowest BCUT2D eigenvalue weighted by Gasteiger charge is -2.38. The Kier molecular flexibility index (Phi) is 4.13. The van der Waals surface area contributed by atoms with Gasteiger partial charge in [0, 0.05) is 18.7 Å². The van der Waals surface area contributed by atoms with Crippen LogP contribution in [0, 0.1) is 5.82 Å². The summed E-state index contributed by atoms with van der Waals surface area (Å²) in [6.07, 6.45) is 3.03. The summed E-state index contributed by atoms with van der Waals surface area (Å²) in [5.41, 5.74) is 1.24. The van der Waals surface area contributed by atoms with Crippen molar-refractivity contribution in [1.82, 2.24) is 5.32 Å². The molecule has 0 spiro atoms. The van der Waals surface area contributed by atoms with E-state index in [4.69, 9.17) is 5.11 Å². The Hall–Kier alpha value is -0.930. The molecule has 2 nitrogen and oxygen atoms in total. The normalized spacial score (nSPS) is 25.4. The maximum absolute atomic E-state index is 12.8. The van der Waals surface area contributed by atoms with Gasteiger partial charge in [-0.3, -0.25) is 0 Å². The standard InChI is InChI=1S/C14H20FNO/c1-10(6-7-17)16-14-8-12(9-14)11-2-4-13(15)5-3-11/h2-5,10,12,14,16-17H,6-9H2,1H3. The second kappa shape index (κ2) is 5.61. The van der Waals surface area contributed by atoms with E-state index in [1.807, 2.05) is 12.1 Å². The van der Waals surface area contributed by atoms with Crippen molar-refractivity contribution in [3.05, 3.63) is 35.6 Å². The third-order valence-corrected chi connectivity index (χ3v) is 3.56. The molecule has 1 atom stereocenters. The molecule has 0 bridgehead atoms. The molecule has 3 heteroatoms. The van der Waals surface area contributed by atoms with Crippen molar-refractivity contribution in [2.24, 2.45) is 0 Å². The van der Waals surface area contributed by atoms with E-state index < -0.39 is 0 Å². The SMILES string of the molecule is CC(CCO)NC1CC(c2ccc(F)cc2)C1. The van der Waals surface area contributed by atoms with Crippen LogP contribution in [0.4, 0.5) is 4.39 Å². The number of benzene rings is 1. The van der Waals surface area contributed by atoms with Gasteiger partial charge in [0.15, 0.2) is 0 Å². The number of nitrogens with one attached hydrogen (secondary N) is 1. The number of halogens is 1. The molecule has 2 N–H and O–H groups in total. The summed E-state index contributed by atoms with van der Waals surface area (Å²) < 4.78 is 12.8. The highest BCUT2D eigenvalue weighted by atomic mass is 19.1. The molecule has 17 heavy (non-hydrogen) atoms. The molecule has 1 unspecified atom stereocenters. The van der Waals surface area contributed by atoms with Crippen LogP contribution in [0.3, 0.4) is 0 Å². The molecule has 0 aromatic heterocycles. The highest BCUT2D eigenvalue weighted by Crippen LogP contribution is 2.37. The Morgan fingerprint density at radius 1 is 1.35 bits per heavy atom. The first-order valence-corrected chi connectivity index (χ1v) is 6.31. The average molecular weight is 237 g/mol. The summed E-state index contributed by atoms with van der Waals surface area (Å²) in [6, 6.07) is 7.75. The van der Waals surface area contributed by atoms with Gasteiger partial charge in [0.25, 0.3) is 0 Å². The molecule has 1 fully saturated rings. The second-order valence-electron chi connectivity index (χ2n) is 5.00. The van der Waals surface area contributed by atoms with Crippen molar-refractivity contribution in [2.45, 2.75) is 44.2 Å². The van der Waals surface area contributed by atoms with Gasteiger partial charge in [-0.25, -0.2) is 4.39 Å². The molecule has 1 saturated carbocycles. The maximum atomic E-state index is 12.8. The molecule has 0 aliphatic heterocycles. The molecule has 1 aromatic carbocycles. The Morgan fingerprint density at radius 2 is 2.00 bits per heavy atom. The molecule has 0 saturated heterocycles. The number of aliphatic hydroxyl groups is 1. The summed E-state index contributed by atoms with van der Waals surface area (Å²) in [5.74, 6) is 0.397. The summed E-state index contributed by atoms with van der Waals surface area (Å²) >= 11 is 0. The van der Waals surface area contributed by atoms with Crippen LogP contribution in [0.25, 0.3) is 0 Å². The quantitative estimate of drug-likeness (QED) is 0.824.